The van der Waals surface area contributed by atoms with Crippen LogP contribution in [-0.2, 0) is 14.3 Å². The molecule has 3 heterocycles. The lowest BCUT2D eigenvalue weighted by Gasteiger charge is -2.27. The fraction of sp³-hybridized carbons (Fsp3) is 0.348. The van der Waals surface area contributed by atoms with Crippen molar-refractivity contribution in [1.82, 2.24) is 9.88 Å². The number of aliphatic hydroxyl groups excluding tert-OH is 1. The number of ketones is 1. The largest absolute Gasteiger partial charge is 0.507 e. The molecule has 2 fully saturated rings. The van der Waals surface area contributed by atoms with Crippen LogP contribution in [0.25, 0.3) is 5.76 Å². The minimum absolute atomic E-state index is 0.0810. The van der Waals surface area contributed by atoms with Crippen LogP contribution in [0.5, 0.6) is 5.75 Å². The first-order valence-electron chi connectivity index (χ1n) is 9.96. The van der Waals surface area contributed by atoms with Gasteiger partial charge in [-0.25, -0.2) is 0 Å². The third-order valence-corrected chi connectivity index (χ3v) is 5.67. The van der Waals surface area contributed by atoms with E-state index in [0.29, 0.717) is 24.5 Å². The Morgan fingerprint density at radius 1 is 1.27 bits per heavy atom. The average molecular weight is 408 g/mol. The number of Topliss-reactive ketones (excluding diaryl/α,β-unsaturated/α-hetero) is 1. The number of aryl methyl sites for hydroxylation is 1. The number of hydrogen-bond acceptors (Lipinski definition) is 6. The third-order valence-electron chi connectivity index (χ3n) is 5.67. The number of hydrogen-bond donors (Lipinski definition) is 1. The number of ether oxygens (including phenoxy) is 2. The maximum Gasteiger partial charge on any atom is 0.295 e. The van der Waals surface area contributed by atoms with Crippen LogP contribution in [0.3, 0.4) is 0 Å². The lowest BCUT2D eigenvalue weighted by Crippen LogP contribution is -2.36. The maximum absolute atomic E-state index is 13.0. The Morgan fingerprint density at radius 3 is 2.67 bits per heavy atom. The second kappa shape index (κ2) is 8.28. The molecule has 1 aromatic carbocycles. The molecular weight excluding hydrogens is 384 g/mol. The van der Waals surface area contributed by atoms with E-state index in [4.69, 9.17) is 9.47 Å². The van der Waals surface area contributed by atoms with Crippen molar-refractivity contribution >= 4 is 17.4 Å². The van der Waals surface area contributed by atoms with E-state index in [0.717, 1.165) is 24.0 Å². The molecule has 2 saturated heterocycles. The number of nitrogens with zero attached hydrogens (tertiary/aromatic N) is 2. The first-order valence-corrected chi connectivity index (χ1v) is 9.96. The number of rotatable bonds is 5. The molecule has 2 aromatic rings. The first-order chi connectivity index (χ1) is 14.5. The summed E-state index contributed by atoms with van der Waals surface area (Å²) in [6.07, 6.45) is 4.87. The van der Waals surface area contributed by atoms with E-state index in [1.165, 1.54) is 4.90 Å². The van der Waals surface area contributed by atoms with Gasteiger partial charge in [0.15, 0.2) is 0 Å². The predicted octanol–water partition coefficient (Wildman–Crippen LogP) is 3.00. The second-order valence-corrected chi connectivity index (χ2v) is 7.55. The molecule has 0 spiro atoms. The van der Waals surface area contributed by atoms with Gasteiger partial charge in [0.25, 0.3) is 11.7 Å². The van der Waals surface area contributed by atoms with Gasteiger partial charge in [0.05, 0.1) is 24.8 Å². The molecule has 2 aliphatic heterocycles. The van der Waals surface area contributed by atoms with Crippen LogP contribution in [0.4, 0.5) is 0 Å². The summed E-state index contributed by atoms with van der Waals surface area (Å²) in [5.74, 6) is -0.860. The van der Waals surface area contributed by atoms with Gasteiger partial charge in [-0.3, -0.25) is 14.6 Å². The quantitative estimate of drug-likeness (QED) is 0.465. The van der Waals surface area contributed by atoms with Gasteiger partial charge in [0, 0.05) is 31.1 Å². The molecule has 0 aliphatic carbocycles. The molecule has 7 heteroatoms. The molecule has 0 radical (unpaired) electrons. The second-order valence-electron chi connectivity index (χ2n) is 7.55. The summed E-state index contributed by atoms with van der Waals surface area (Å²) in [4.78, 5) is 31.5. The molecule has 2 unspecified atom stereocenters. The zero-order chi connectivity index (χ0) is 21.3. The molecule has 0 bridgehead atoms. The highest BCUT2D eigenvalue weighted by Gasteiger charge is 2.47. The summed E-state index contributed by atoms with van der Waals surface area (Å²) in [6, 6.07) is 8.00. The molecule has 0 saturated carbocycles. The van der Waals surface area contributed by atoms with Crippen LogP contribution in [0.1, 0.15) is 35.6 Å². The summed E-state index contributed by atoms with van der Waals surface area (Å²) < 4.78 is 10.9. The number of benzene rings is 1. The van der Waals surface area contributed by atoms with Crippen LogP contribution in [0.2, 0.25) is 0 Å². The van der Waals surface area contributed by atoms with E-state index < -0.39 is 17.7 Å². The third kappa shape index (κ3) is 3.57. The minimum Gasteiger partial charge on any atom is -0.507 e. The summed E-state index contributed by atoms with van der Waals surface area (Å²) in [5.41, 5.74) is 2.03. The number of amides is 1. The first kappa shape index (κ1) is 20.1. The Hall–Kier alpha value is -3.19. The summed E-state index contributed by atoms with van der Waals surface area (Å²) in [5, 5.41) is 11.2. The Bertz CT molecular complexity index is 996. The van der Waals surface area contributed by atoms with Crippen molar-refractivity contribution in [2.45, 2.75) is 31.9 Å². The van der Waals surface area contributed by atoms with E-state index in [1.807, 2.05) is 6.92 Å². The molecule has 156 valence electrons. The molecule has 30 heavy (non-hydrogen) atoms. The summed E-state index contributed by atoms with van der Waals surface area (Å²) >= 11 is 0. The minimum atomic E-state index is -0.696. The summed E-state index contributed by atoms with van der Waals surface area (Å²) in [6.45, 7) is 2.77. The van der Waals surface area contributed by atoms with Crippen molar-refractivity contribution in [3.8, 4) is 5.75 Å². The van der Waals surface area contributed by atoms with Gasteiger partial charge in [0.2, 0.25) is 0 Å². The molecule has 1 amide bonds. The Labute approximate surface area is 174 Å². The SMILES string of the molecule is COc1ccc(/C(O)=C2/C(=O)C(=O)N(CC3CCCO3)C2c2ccncc2)c(C)c1. The fourth-order valence-electron chi connectivity index (χ4n) is 4.14. The van der Waals surface area contributed by atoms with Gasteiger partial charge < -0.3 is 19.5 Å². The highest BCUT2D eigenvalue weighted by Crippen LogP contribution is 2.40. The standard InChI is InChI=1S/C23H24N2O5/c1-14-12-16(29-2)5-6-18(14)21(26)19-20(15-7-9-24-10-8-15)25(23(28)22(19)27)13-17-4-3-11-30-17/h5-10,12,17,20,26H,3-4,11,13H2,1-2H3/b21-19-. The van der Waals surface area contributed by atoms with Gasteiger partial charge in [0.1, 0.15) is 11.5 Å². The average Bonchev–Trinajstić information content (AvgIpc) is 3.36. The van der Waals surface area contributed by atoms with Crippen LogP contribution in [0, 0.1) is 6.92 Å². The van der Waals surface area contributed by atoms with E-state index in [1.54, 1.807) is 49.8 Å². The van der Waals surface area contributed by atoms with Gasteiger partial charge >= 0.3 is 0 Å². The Morgan fingerprint density at radius 2 is 2.03 bits per heavy atom. The van der Waals surface area contributed by atoms with E-state index >= 15 is 0 Å². The lowest BCUT2D eigenvalue weighted by atomic mass is 9.94. The molecule has 1 N–H and O–H groups in total. The Kier molecular flexibility index (Phi) is 5.55. The van der Waals surface area contributed by atoms with Gasteiger partial charge in [-0.1, -0.05) is 0 Å². The van der Waals surface area contributed by atoms with Crippen LogP contribution in [-0.4, -0.2) is 53.0 Å². The number of likely N-dealkylation sites (tertiary alicyclic amines) is 1. The topological polar surface area (TPSA) is 89.0 Å². The lowest BCUT2D eigenvalue weighted by molar-refractivity contribution is -0.140. The van der Waals surface area contributed by atoms with Crippen molar-refractivity contribution in [3.63, 3.8) is 0 Å². The normalized spacial score (nSPS) is 23.2. The maximum atomic E-state index is 13.0. The zero-order valence-electron chi connectivity index (χ0n) is 17.0. The van der Waals surface area contributed by atoms with Crippen molar-refractivity contribution in [3.05, 3.63) is 65.0 Å². The molecule has 4 rings (SSSR count). The van der Waals surface area contributed by atoms with Crippen molar-refractivity contribution in [1.29, 1.82) is 0 Å². The van der Waals surface area contributed by atoms with Crippen molar-refractivity contribution < 1.29 is 24.2 Å². The molecule has 1 aromatic heterocycles. The van der Waals surface area contributed by atoms with E-state index in [2.05, 4.69) is 4.98 Å². The number of carbonyl (C=O) groups is 2. The highest BCUT2D eigenvalue weighted by atomic mass is 16.5. The number of aliphatic hydroxyl groups is 1. The van der Waals surface area contributed by atoms with Crippen LogP contribution >= 0.6 is 0 Å². The monoisotopic (exact) mass is 408 g/mol. The van der Waals surface area contributed by atoms with E-state index in [9.17, 15) is 14.7 Å². The van der Waals surface area contributed by atoms with Gasteiger partial charge in [-0.15, -0.1) is 0 Å². The number of aromatic nitrogens is 1. The van der Waals surface area contributed by atoms with Gasteiger partial charge in [-0.05, 0) is 61.2 Å². The number of carbonyl (C=O) groups excluding carboxylic acids is 2. The van der Waals surface area contributed by atoms with Crippen molar-refractivity contribution in [2.24, 2.45) is 0 Å². The molecule has 7 nitrogen and oxygen atoms in total. The molecule has 2 aliphatic rings. The summed E-state index contributed by atoms with van der Waals surface area (Å²) in [7, 11) is 1.56. The predicted molar refractivity (Wildman–Crippen MR) is 110 cm³/mol. The van der Waals surface area contributed by atoms with Crippen LogP contribution in [0.15, 0.2) is 48.3 Å². The van der Waals surface area contributed by atoms with Gasteiger partial charge in [-0.2, -0.15) is 0 Å². The molecule has 2 atom stereocenters. The van der Waals surface area contributed by atoms with Crippen LogP contribution < -0.4 is 4.74 Å². The van der Waals surface area contributed by atoms with Crippen molar-refractivity contribution in [2.75, 3.05) is 20.3 Å². The number of methoxy groups -OCH3 is 1. The molecular formula is C23H24N2O5. The zero-order valence-corrected chi connectivity index (χ0v) is 17.0. The Balaban J connectivity index is 1.82. The van der Waals surface area contributed by atoms with E-state index in [-0.39, 0.29) is 17.4 Å². The fourth-order valence-corrected chi connectivity index (χ4v) is 4.14. The highest BCUT2D eigenvalue weighted by molar-refractivity contribution is 6.46. The smallest absolute Gasteiger partial charge is 0.295 e. The number of pyridine rings is 1.